The molecule has 0 radical (unpaired) electrons. The van der Waals surface area contributed by atoms with E-state index in [0.29, 0.717) is 6.42 Å². The number of rotatable bonds is 4. The molecule has 1 rings (SSSR count). The number of pyridine rings is 1. The van der Waals surface area contributed by atoms with E-state index in [0.717, 1.165) is 6.07 Å². The fraction of sp³-hybridized carbons (Fsp3) is 0.455. The molecule has 1 aromatic heterocycles. The first-order chi connectivity index (χ1) is 7.44. The summed E-state index contributed by atoms with van der Waals surface area (Å²) in [5.74, 6) is -1.12. The van der Waals surface area contributed by atoms with E-state index in [9.17, 15) is 14.3 Å². The van der Waals surface area contributed by atoms with Crippen LogP contribution in [0.5, 0.6) is 0 Å². The van der Waals surface area contributed by atoms with Crippen LogP contribution < -0.4 is 5.32 Å². The number of nitrogens with one attached hydrogen (secondary N) is 1. The van der Waals surface area contributed by atoms with Crippen molar-refractivity contribution in [3.05, 3.63) is 29.8 Å². The van der Waals surface area contributed by atoms with Gasteiger partial charge in [-0.25, -0.2) is 4.98 Å². The minimum Gasteiger partial charge on any atom is -0.388 e. The van der Waals surface area contributed by atoms with E-state index in [2.05, 4.69) is 10.3 Å². The summed E-state index contributed by atoms with van der Waals surface area (Å²) < 4.78 is 12.7. The summed E-state index contributed by atoms with van der Waals surface area (Å²) in [4.78, 5) is 14.9. The molecule has 2 N–H and O–H groups in total. The number of carbonyl (C=O) groups is 1. The molecule has 0 saturated heterocycles. The van der Waals surface area contributed by atoms with Crippen LogP contribution in [0.1, 0.15) is 30.6 Å². The molecule has 0 aliphatic rings. The number of carbonyl (C=O) groups excluding carboxylic acids is 1. The van der Waals surface area contributed by atoms with Crippen LogP contribution in [-0.2, 0) is 0 Å². The monoisotopic (exact) mass is 226 g/mol. The second kappa shape index (κ2) is 5.03. The Bertz CT molecular complexity index is 380. The van der Waals surface area contributed by atoms with Crippen LogP contribution in [0.2, 0.25) is 0 Å². The van der Waals surface area contributed by atoms with E-state index in [1.807, 2.05) is 6.92 Å². The quantitative estimate of drug-likeness (QED) is 0.756. The molecule has 1 amide bonds. The molecule has 0 aliphatic carbocycles. The Labute approximate surface area is 93.5 Å². The molecule has 1 heterocycles. The van der Waals surface area contributed by atoms with E-state index < -0.39 is 17.5 Å². The van der Waals surface area contributed by atoms with Gasteiger partial charge in [-0.3, -0.25) is 4.79 Å². The van der Waals surface area contributed by atoms with Crippen LogP contribution in [0.4, 0.5) is 4.39 Å². The molecule has 0 saturated carbocycles. The first-order valence-corrected chi connectivity index (χ1v) is 5.07. The molecular weight excluding hydrogens is 211 g/mol. The van der Waals surface area contributed by atoms with Gasteiger partial charge >= 0.3 is 0 Å². The first-order valence-electron chi connectivity index (χ1n) is 5.07. The van der Waals surface area contributed by atoms with Gasteiger partial charge < -0.3 is 10.4 Å². The molecule has 1 atom stereocenters. The maximum atomic E-state index is 12.7. The Kier molecular flexibility index (Phi) is 3.95. The summed E-state index contributed by atoms with van der Waals surface area (Å²) in [6, 6.07) is 2.47. The average Bonchev–Trinajstić information content (AvgIpc) is 2.26. The Hall–Kier alpha value is -1.49. The van der Waals surface area contributed by atoms with Crippen molar-refractivity contribution in [2.45, 2.75) is 25.9 Å². The van der Waals surface area contributed by atoms with Gasteiger partial charge in [0.05, 0.1) is 5.60 Å². The third-order valence-electron chi connectivity index (χ3n) is 2.38. The van der Waals surface area contributed by atoms with Gasteiger partial charge in [-0.05, 0) is 19.4 Å². The van der Waals surface area contributed by atoms with Gasteiger partial charge in [-0.2, -0.15) is 4.39 Å². The van der Waals surface area contributed by atoms with Gasteiger partial charge in [0, 0.05) is 24.4 Å². The minimum absolute atomic E-state index is 0.131. The highest BCUT2D eigenvalue weighted by Gasteiger charge is 2.18. The van der Waals surface area contributed by atoms with Gasteiger partial charge in [0.25, 0.3) is 5.91 Å². The van der Waals surface area contributed by atoms with Crippen LogP contribution in [0.25, 0.3) is 0 Å². The molecular formula is C11H15FN2O2. The lowest BCUT2D eigenvalue weighted by molar-refractivity contribution is 0.0518. The molecule has 0 aliphatic heterocycles. The molecule has 16 heavy (non-hydrogen) atoms. The van der Waals surface area contributed by atoms with Crippen molar-refractivity contribution in [1.82, 2.24) is 10.3 Å². The zero-order valence-corrected chi connectivity index (χ0v) is 9.33. The molecule has 0 spiro atoms. The fourth-order valence-corrected chi connectivity index (χ4v) is 1.04. The second-order valence-electron chi connectivity index (χ2n) is 3.90. The number of halogens is 1. The second-order valence-corrected chi connectivity index (χ2v) is 3.90. The lowest BCUT2D eigenvalue weighted by Gasteiger charge is -2.21. The van der Waals surface area contributed by atoms with Crippen molar-refractivity contribution in [1.29, 1.82) is 0 Å². The highest BCUT2D eigenvalue weighted by molar-refractivity contribution is 5.94. The van der Waals surface area contributed by atoms with Crippen LogP contribution >= 0.6 is 0 Å². The van der Waals surface area contributed by atoms with Crippen LogP contribution in [-0.4, -0.2) is 28.1 Å². The number of hydrogen-bond donors (Lipinski definition) is 2. The number of nitrogens with zero attached hydrogens (tertiary/aromatic N) is 1. The fourth-order valence-electron chi connectivity index (χ4n) is 1.04. The van der Waals surface area contributed by atoms with Crippen LogP contribution in [0.15, 0.2) is 18.3 Å². The highest BCUT2D eigenvalue weighted by Crippen LogP contribution is 2.07. The van der Waals surface area contributed by atoms with Gasteiger partial charge in [-0.1, -0.05) is 6.92 Å². The standard InChI is InChI=1S/C11H15FN2O2/c1-3-11(2,16)7-14-10(15)8-4-5-13-9(12)6-8/h4-6,16H,3,7H2,1-2H3,(H,14,15). The van der Waals surface area contributed by atoms with Gasteiger partial charge in [0.15, 0.2) is 0 Å². The predicted octanol–water partition coefficient (Wildman–Crippen LogP) is 1.11. The molecule has 88 valence electrons. The molecule has 0 aromatic carbocycles. The lowest BCUT2D eigenvalue weighted by atomic mass is 10.0. The maximum absolute atomic E-state index is 12.7. The normalized spacial score (nSPS) is 14.2. The van der Waals surface area contributed by atoms with E-state index >= 15 is 0 Å². The Morgan fingerprint density at radius 3 is 2.94 bits per heavy atom. The largest absolute Gasteiger partial charge is 0.388 e. The molecule has 5 heteroatoms. The summed E-state index contributed by atoms with van der Waals surface area (Å²) in [7, 11) is 0. The van der Waals surface area contributed by atoms with Gasteiger partial charge in [-0.15, -0.1) is 0 Å². The van der Waals surface area contributed by atoms with Crippen molar-refractivity contribution in [2.24, 2.45) is 0 Å². The van der Waals surface area contributed by atoms with E-state index in [1.165, 1.54) is 12.3 Å². The minimum atomic E-state index is -0.943. The molecule has 4 nitrogen and oxygen atoms in total. The number of hydrogen-bond acceptors (Lipinski definition) is 3. The van der Waals surface area contributed by atoms with Crippen molar-refractivity contribution < 1.29 is 14.3 Å². The Morgan fingerprint density at radius 2 is 2.38 bits per heavy atom. The summed E-state index contributed by atoms with van der Waals surface area (Å²) in [6.45, 7) is 3.57. The number of aliphatic hydroxyl groups is 1. The maximum Gasteiger partial charge on any atom is 0.251 e. The predicted molar refractivity (Wildman–Crippen MR) is 57.4 cm³/mol. The Balaban J connectivity index is 2.60. The van der Waals surface area contributed by atoms with Crippen molar-refractivity contribution in [2.75, 3.05) is 6.54 Å². The van der Waals surface area contributed by atoms with E-state index in [-0.39, 0.29) is 12.1 Å². The zero-order chi connectivity index (χ0) is 12.2. The van der Waals surface area contributed by atoms with Gasteiger partial charge in [0.1, 0.15) is 0 Å². The summed E-state index contributed by atoms with van der Waals surface area (Å²) >= 11 is 0. The van der Waals surface area contributed by atoms with Crippen molar-refractivity contribution in [3.63, 3.8) is 0 Å². The third-order valence-corrected chi connectivity index (χ3v) is 2.38. The molecule has 0 bridgehead atoms. The van der Waals surface area contributed by atoms with Crippen molar-refractivity contribution >= 4 is 5.91 Å². The lowest BCUT2D eigenvalue weighted by Crippen LogP contribution is -2.40. The number of aromatic nitrogens is 1. The first kappa shape index (κ1) is 12.6. The molecule has 1 unspecified atom stereocenters. The van der Waals surface area contributed by atoms with Gasteiger partial charge in [0.2, 0.25) is 5.95 Å². The van der Waals surface area contributed by atoms with Crippen molar-refractivity contribution in [3.8, 4) is 0 Å². The topological polar surface area (TPSA) is 62.2 Å². The van der Waals surface area contributed by atoms with Crippen LogP contribution in [0, 0.1) is 5.95 Å². The SMILES string of the molecule is CCC(C)(O)CNC(=O)c1ccnc(F)c1. The van der Waals surface area contributed by atoms with Crippen LogP contribution in [0.3, 0.4) is 0 Å². The third kappa shape index (κ3) is 3.58. The van der Waals surface area contributed by atoms with E-state index in [1.54, 1.807) is 6.92 Å². The smallest absolute Gasteiger partial charge is 0.251 e. The van der Waals surface area contributed by atoms with E-state index in [4.69, 9.17) is 0 Å². The zero-order valence-electron chi connectivity index (χ0n) is 9.33. The molecule has 0 fully saturated rings. The summed E-state index contributed by atoms with van der Waals surface area (Å²) in [5.41, 5.74) is -0.749. The highest BCUT2D eigenvalue weighted by atomic mass is 19.1. The Morgan fingerprint density at radius 1 is 1.69 bits per heavy atom. The summed E-state index contributed by atoms with van der Waals surface area (Å²) in [6.07, 6.45) is 1.75. The average molecular weight is 226 g/mol. The number of amides is 1. The molecule has 1 aromatic rings. The summed E-state index contributed by atoms with van der Waals surface area (Å²) in [5, 5.41) is 12.2.